The first-order valence-electron chi connectivity index (χ1n) is 3.94. The van der Waals surface area contributed by atoms with Crippen molar-refractivity contribution in [1.29, 1.82) is 0 Å². The van der Waals surface area contributed by atoms with E-state index in [9.17, 15) is 0 Å². The van der Waals surface area contributed by atoms with Gasteiger partial charge in [-0.15, -0.1) is 0 Å². The van der Waals surface area contributed by atoms with Gasteiger partial charge in [-0.05, 0) is 7.05 Å². The zero-order valence-electron chi connectivity index (χ0n) is 7.20. The molecule has 0 amide bonds. The van der Waals surface area contributed by atoms with E-state index in [1.54, 1.807) is 6.33 Å². The number of nitrogens with one attached hydrogen (secondary N) is 3. The van der Waals surface area contributed by atoms with Gasteiger partial charge in [0.25, 0.3) is 0 Å². The van der Waals surface area contributed by atoms with Crippen LogP contribution in [0.4, 0.5) is 5.82 Å². The molecule has 0 spiro atoms. The van der Waals surface area contributed by atoms with E-state index in [4.69, 9.17) is 0 Å². The predicted molar refractivity (Wildman–Crippen MR) is 49.2 cm³/mol. The summed E-state index contributed by atoms with van der Waals surface area (Å²) in [5, 5.41) is 6.06. The summed E-state index contributed by atoms with van der Waals surface area (Å²) in [6, 6.07) is 0. The smallest absolute Gasteiger partial charge is 0.182 e. The Morgan fingerprint density at radius 3 is 3.15 bits per heavy atom. The second-order valence-electron chi connectivity index (χ2n) is 2.53. The van der Waals surface area contributed by atoms with Gasteiger partial charge in [0, 0.05) is 0 Å². The molecule has 2 aromatic heterocycles. The second-order valence-corrected chi connectivity index (χ2v) is 2.53. The number of imidazole rings is 1. The molecule has 0 aromatic carbocycles. The summed E-state index contributed by atoms with van der Waals surface area (Å²) in [5.74, 6) is 0.761. The highest BCUT2D eigenvalue weighted by Crippen LogP contribution is 2.13. The molecule has 0 aliphatic heterocycles. The van der Waals surface area contributed by atoms with Gasteiger partial charge < -0.3 is 15.6 Å². The van der Waals surface area contributed by atoms with Crippen molar-refractivity contribution in [3.8, 4) is 0 Å². The van der Waals surface area contributed by atoms with E-state index >= 15 is 0 Å². The first-order chi connectivity index (χ1) is 6.42. The maximum Gasteiger partial charge on any atom is 0.182 e. The van der Waals surface area contributed by atoms with Crippen LogP contribution in [0.1, 0.15) is 0 Å². The standard InChI is InChI=1S/C7H10N6/c1-8-2-10-6-5-7(11-3-9-5)13-4-12-6/h3-4,8H,2H2,1H3,(H2,9,10,11,12,13). The van der Waals surface area contributed by atoms with E-state index in [2.05, 4.69) is 30.6 Å². The number of rotatable bonds is 3. The first kappa shape index (κ1) is 7.93. The monoisotopic (exact) mass is 178 g/mol. The van der Waals surface area contributed by atoms with Crippen LogP contribution < -0.4 is 10.6 Å². The number of hydrogen-bond acceptors (Lipinski definition) is 5. The Hall–Kier alpha value is -1.69. The van der Waals surface area contributed by atoms with Gasteiger partial charge in [0.2, 0.25) is 0 Å². The third-order valence-electron chi connectivity index (χ3n) is 1.66. The molecule has 2 rings (SSSR count). The Kier molecular flexibility index (Phi) is 2.05. The van der Waals surface area contributed by atoms with Crippen molar-refractivity contribution in [2.24, 2.45) is 0 Å². The SMILES string of the molecule is CNCNc1ncnc2nc[nH]c12. The summed E-state index contributed by atoms with van der Waals surface area (Å²) in [7, 11) is 1.86. The Balaban J connectivity index is 2.37. The Labute approximate surface area is 74.8 Å². The van der Waals surface area contributed by atoms with Crippen molar-refractivity contribution < 1.29 is 0 Å². The molecule has 6 nitrogen and oxygen atoms in total. The second kappa shape index (κ2) is 3.36. The molecule has 0 atom stereocenters. The quantitative estimate of drug-likeness (QED) is 0.574. The van der Waals surface area contributed by atoms with Crippen LogP contribution in [-0.4, -0.2) is 33.7 Å². The zero-order chi connectivity index (χ0) is 9.10. The largest absolute Gasteiger partial charge is 0.356 e. The number of H-pyrrole nitrogens is 1. The lowest BCUT2D eigenvalue weighted by molar-refractivity contribution is 0.869. The Morgan fingerprint density at radius 1 is 1.38 bits per heavy atom. The van der Waals surface area contributed by atoms with Crippen LogP contribution in [0.5, 0.6) is 0 Å². The summed E-state index contributed by atoms with van der Waals surface area (Å²) in [6.45, 7) is 0.658. The van der Waals surface area contributed by atoms with Crippen LogP contribution in [0.25, 0.3) is 11.2 Å². The maximum atomic E-state index is 4.08. The fourth-order valence-corrected chi connectivity index (χ4v) is 1.07. The van der Waals surface area contributed by atoms with Gasteiger partial charge in [0.05, 0.1) is 13.0 Å². The predicted octanol–water partition coefficient (Wildman–Crippen LogP) is -0.0583. The third kappa shape index (κ3) is 1.43. The van der Waals surface area contributed by atoms with Crippen LogP contribution in [0.15, 0.2) is 12.7 Å². The van der Waals surface area contributed by atoms with E-state index < -0.39 is 0 Å². The molecule has 0 aliphatic rings. The van der Waals surface area contributed by atoms with Crippen molar-refractivity contribution >= 4 is 17.0 Å². The molecule has 2 heterocycles. The van der Waals surface area contributed by atoms with Gasteiger partial charge in [-0.1, -0.05) is 0 Å². The first-order valence-corrected chi connectivity index (χ1v) is 3.94. The minimum atomic E-state index is 0.658. The lowest BCUT2D eigenvalue weighted by Crippen LogP contribution is -2.17. The van der Waals surface area contributed by atoms with Crippen molar-refractivity contribution in [1.82, 2.24) is 25.3 Å². The molecule has 0 unspecified atom stereocenters. The molecule has 0 bridgehead atoms. The van der Waals surface area contributed by atoms with Crippen LogP contribution in [0, 0.1) is 0 Å². The Morgan fingerprint density at radius 2 is 2.31 bits per heavy atom. The average molecular weight is 178 g/mol. The maximum absolute atomic E-state index is 4.08. The normalized spacial score (nSPS) is 10.5. The number of aromatic amines is 1. The average Bonchev–Trinajstić information content (AvgIpc) is 2.62. The summed E-state index contributed by atoms with van der Waals surface area (Å²) in [4.78, 5) is 15.1. The van der Waals surface area contributed by atoms with Gasteiger partial charge in [-0.3, -0.25) is 0 Å². The molecule has 0 radical (unpaired) electrons. The van der Waals surface area contributed by atoms with Crippen LogP contribution >= 0.6 is 0 Å². The lowest BCUT2D eigenvalue weighted by atomic mass is 10.5. The van der Waals surface area contributed by atoms with Crippen molar-refractivity contribution in [3.05, 3.63) is 12.7 Å². The highest BCUT2D eigenvalue weighted by atomic mass is 15.1. The summed E-state index contributed by atoms with van der Waals surface area (Å²) < 4.78 is 0. The molecular formula is C7H10N6. The van der Waals surface area contributed by atoms with Gasteiger partial charge in [0.15, 0.2) is 11.5 Å². The van der Waals surface area contributed by atoms with Crippen LogP contribution in [0.3, 0.4) is 0 Å². The van der Waals surface area contributed by atoms with E-state index in [0.717, 1.165) is 11.3 Å². The lowest BCUT2D eigenvalue weighted by Gasteiger charge is -2.03. The molecular weight excluding hydrogens is 168 g/mol. The van der Waals surface area contributed by atoms with Gasteiger partial charge in [-0.2, -0.15) is 0 Å². The highest BCUT2D eigenvalue weighted by Gasteiger charge is 2.03. The van der Waals surface area contributed by atoms with Gasteiger partial charge in [0.1, 0.15) is 11.8 Å². The van der Waals surface area contributed by atoms with Crippen molar-refractivity contribution in [3.63, 3.8) is 0 Å². The van der Waals surface area contributed by atoms with Crippen molar-refractivity contribution in [2.45, 2.75) is 0 Å². The molecule has 13 heavy (non-hydrogen) atoms. The van der Waals surface area contributed by atoms with E-state index in [1.165, 1.54) is 6.33 Å². The zero-order valence-corrected chi connectivity index (χ0v) is 7.20. The molecule has 3 N–H and O–H groups in total. The highest BCUT2D eigenvalue weighted by molar-refractivity contribution is 5.81. The van der Waals surface area contributed by atoms with E-state index in [-0.39, 0.29) is 0 Å². The molecule has 0 saturated heterocycles. The fraction of sp³-hybridized carbons (Fsp3) is 0.286. The van der Waals surface area contributed by atoms with Crippen LogP contribution in [0.2, 0.25) is 0 Å². The number of aromatic nitrogens is 4. The van der Waals surface area contributed by atoms with Gasteiger partial charge >= 0.3 is 0 Å². The third-order valence-corrected chi connectivity index (χ3v) is 1.66. The molecule has 68 valence electrons. The summed E-state index contributed by atoms with van der Waals surface area (Å²) in [5.41, 5.74) is 1.51. The van der Waals surface area contributed by atoms with E-state index in [1.807, 2.05) is 7.05 Å². The van der Waals surface area contributed by atoms with Crippen molar-refractivity contribution in [2.75, 3.05) is 19.0 Å². The minimum Gasteiger partial charge on any atom is -0.356 e. The topological polar surface area (TPSA) is 78.5 Å². The summed E-state index contributed by atoms with van der Waals surface area (Å²) in [6.07, 6.45) is 3.09. The number of fused-ring (bicyclic) bond motifs is 1. The number of nitrogens with zero attached hydrogens (tertiary/aromatic N) is 3. The molecule has 0 fully saturated rings. The van der Waals surface area contributed by atoms with E-state index in [0.29, 0.717) is 12.3 Å². The Bertz CT molecular complexity index is 395. The molecule has 2 aromatic rings. The van der Waals surface area contributed by atoms with Gasteiger partial charge in [-0.25, -0.2) is 15.0 Å². The molecule has 0 saturated carbocycles. The van der Waals surface area contributed by atoms with Crippen LogP contribution in [-0.2, 0) is 0 Å². The fourth-order valence-electron chi connectivity index (χ4n) is 1.07. The molecule has 6 heteroatoms. The summed E-state index contributed by atoms with van der Waals surface area (Å²) >= 11 is 0. The minimum absolute atomic E-state index is 0.658. The number of anilines is 1. The molecule has 0 aliphatic carbocycles. The number of hydrogen-bond donors (Lipinski definition) is 3.